The number of aldehydes is 1. The molecule has 0 unspecified atom stereocenters. The molecule has 0 amide bonds. The Balaban J connectivity index is 1.48. The van der Waals surface area contributed by atoms with Crippen molar-refractivity contribution in [2.45, 2.75) is 16.3 Å². The third kappa shape index (κ3) is 5.49. The predicted octanol–water partition coefficient (Wildman–Crippen LogP) is 8.61. The first-order valence-electron chi connectivity index (χ1n) is 11.2. The Hall–Kier alpha value is -2.57. The van der Waals surface area contributed by atoms with E-state index in [0.717, 1.165) is 29.2 Å². The molecule has 7 heteroatoms. The molecule has 0 saturated heterocycles. The maximum atomic E-state index is 11.5. The van der Waals surface area contributed by atoms with Gasteiger partial charge in [0.25, 0.3) is 0 Å². The molecule has 0 bridgehead atoms. The highest BCUT2D eigenvalue weighted by Crippen LogP contribution is 2.36. The highest BCUT2D eigenvalue weighted by Gasteiger charge is 2.15. The number of para-hydroxylation sites is 1. The van der Waals surface area contributed by atoms with Gasteiger partial charge in [-0.2, -0.15) is 0 Å². The number of halogens is 2. The Labute approximate surface area is 223 Å². The van der Waals surface area contributed by atoms with Crippen molar-refractivity contribution in [2.75, 3.05) is 16.6 Å². The van der Waals surface area contributed by atoms with Gasteiger partial charge in [0.1, 0.15) is 6.29 Å². The van der Waals surface area contributed by atoms with Crippen LogP contribution in [0.15, 0.2) is 101 Å². The van der Waals surface area contributed by atoms with E-state index in [4.69, 9.17) is 23.2 Å². The summed E-state index contributed by atoms with van der Waals surface area (Å²) < 4.78 is 4.35. The molecule has 3 nitrogen and oxygen atoms in total. The molecule has 1 heterocycles. The van der Waals surface area contributed by atoms with Crippen LogP contribution >= 0.6 is 46.9 Å². The fourth-order valence-electron chi connectivity index (χ4n) is 4.18. The first kappa shape index (κ1) is 24.1. The van der Waals surface area contributed by atoms with Crippen molar-refractivity contribution in [1.29, 1.82) is 0 Å². The SMILES string of the molecule is O=CCN(Sc1cc(Cl)cc(Cl)c1)c1ccc2c(c1)c1ccccc1n2CCSc1ccccc1. The maximum Gasteiger partial charge on any atom is 0.140 e. The number of aryl methyl sites for hydroxylation is 1. The standard InChI is InChI=1S/C28H22Cl2N2OS2/c29-20-16-21(30)18-24(17-20)35-32(12-14-33)22-10-11-28-26(19-22)25-8-4-5-9-27(25)31(28)13-15-34-23-6-2-1-3-7-23/h1-11,14,16-19H,12-13,15H2. The van der Waals surface area contributed by atoms with Gasteiger partial charge in [-0.05, 0) is 66.5 Å². The third-order valence-electron chi connectivity index (χ3n) is 5.66. The minimum Gasteiger partial charge on any atom is -0.340 e. The summed E-state index contributed by atoms with van der Waals surface area (Å²) in [6.07, 6.45) is 0.910. The number of carbonyl (C=O) groups excluding carboxylic acids is 1. The first-order chi connectivity index (χ1) is 17.1. The van der Waals surface area contributed by atoms with Gasteiger partial charge in [-0.3, -0.25) is 0 Å². The molecule has 176 valence electrons. The zero-order valence-corrected chi connectivity index (χ0v) is 21.9. The summed E-state index contributed by atoms with van der Waals surface area (Å²) in [5.74, 6) is 0.974. The summed E-state index contributed by atoms with van der Waals surface area (Å²) in [4.78, 5) is 13.7. The molecule has 0 aliphatic rings. The van der Waals surface area contributed by atoms with E-state index < -0.39 is 0 Å². The van der Waals surface area contributed by atoms with Crippen LogP contribution in [-0.2, 0) is 11.3 Å². The summed E-state index contributed by atoms with van der Waals surface area (Å²) in [6.45, 7) is 1.14. The molecule has 5 aromatic rings. The second-order valence-electron chi connectivity index (χ2n) is 7.96. The monoisotopic (exact) mass is 536 g/mol. The second-order valence-corrected chi connectivity index (χ2v) is 11.1. The zero-order chi connectivity index (χ0) is 24.2. The number of hydrogen-bond acceptors (Lipinski definition) is 4. The molecule has 0 spiro atoms. The lowest BCUT2D eigenvalue weighted by Crippen LogP contribution is -2.16. The summed E-state index contributed by atoms with van der Waals surface area (Å²) in [5.41, 5.74) is 3.35. The van der Waals surface area contributed by atoms with Crippen LogP contribution in [0.3, 0.4) is 0 Å². The number of carbonyl (C=O) groups is 1. The Morgan fingerprint density at radius 2 is 1.49 bits per heavy atom. The number of anilines is 1. The second kappa shape index (κ2) is 11.0. The summed E-state index contributed by atoms with van der Waals surface area (Å²) in [6, 6.07) is 30.8. The molecule has 0 atom stereocenters. The average molecular weight is 538 g/mol. The van der Waals surface area contributed by atoms with E-state index in [1.54, 1.807) is 6.07 Å². The van der Waals surface area contributed by atoms with Crippen molar-refractivity contribution in [3.63, 3.8) is 0 Å². The van der Waals surface area contributed by atoms with Crippen molar-refractivity contribution in [2.24, 2.45) is 0 Å². The fraction of sp³-hybridized carbons (Fsp3) is 0.107. The number of thioether (sulfide) groups is 1. The molecule has 0 fully saturated rings. The molecule has 4 aromatic carbocycles. The summed E-state index contributed by atoms with van der Waals surface area (Å²) in [7, 11) is 0. The van der Waals surface area contributed by atoms with Crippen LogP contribution < -0.4 is 4.31 Å². The lowest BCUT2D eigenvalue weighted by molar-refractivity contribution is -0.106. The van der Waals surface area contributed by atoms with Gasteiger partial charge in [0, 0.05) is 59.6 Å². The minimum absolute atomic E-state index is 0.243. The van der Waals surface area contributed by atoms with E-state index in [2.05, 4.69) is 71.3 Å². The van der Waals surface area contributed by atoms with Crippen LogP contribution in [-0.4, -0.2) is 23.2 Å². The van der Waals surface area contributed by atoms with Crippen LogP contribution in [0.2, 0.25) is 10.0 Å². The average Bonchev–Trinajstić information content (AvgIpc) is 3.17. The topological polar surface area (TPSA) is 25.2 Å². The van der Waals surface area contributed by atoms with Crippen molar-refractivity contribution < 1.29 is 4.79 Å². The smallest absolute Gasteiger partial charge is 0.140 e. The molecule has 0 N–H and O–H groups in total. The van der Waals surface area contributed by atoms with Crippen LogP contribution in [0, 0.1) is 0 Å². The van der Waals surface area contributed by atoms with E-state index in [-0.39, 0.29) is 6.54 Å². The number of nitrogens with zero attached hydrogens (tertiary/aromatic N) is 2. The molecule has 5 rings (SSSR count). The van der Waals surface area contributed by atoms with Gasteiger partial charge in [0.15, 0.2) is 0 Å². The van der Waals surface area contributed by atoms with Gasteiger partial charge in [0.05, 0.1) is 6.54 Å². The fourth-order valence-corrected chi connectivity index (χ4v) is 6.66. The molecule has 0 aliphatic heterocycles. The number of rotatable bonds is 9. The van der Waals surface area contributed by atoms with Crippen molar-refractivity contribution in [3.05, 3.63) is 101 Å². The normalized spacial score (nSPS) is 11.3. The molecule has 0 radical (unpaired) electrons. The molecule has 0 saturated carbocycles. The van der Waals surface area contributed by atoms with Crippen LogP contribution in [0.4, 0.5) is 5.69 Å². The summed E-state index contributed by atoms with van der Waals surface area (Å²) in [5, 5.41) is 3.51. The highest BCUT2D eigenvalue weighted by molar-refractivity contribution is 8.00. The van der Waals surface area contributed by atoms with Crippen LogP contribution in [0.1, 0.15) is 0 Å². The van der Waals surface area contributed by atoms with Gasteiger partial charge in [-0.1, -0.05) is 59.6 Å². The van der Waals surface area contributed by atoms with E-state index >= 15 is 0 Å². The van der Waals surface area contributed by atoms with Crippen molar-refractivity contribution in [1.82, 2.24) is 4.57 Å². The molecule has 1 aromatic heterocycles. The lowest BCUT2D eigenvalue weighted by Gasteiger charge is -2.21. The van der Waals surface area contributed by atoms with Gasteiger partial charge >= 0.3 is 0 Å². The molecule has 0 aliphatic carbocycles. The zero-order valence-electron chi connectivity index (χ0n) is 18.7. The van der Waals surface area contributed by atoms with Gasteiger partial charge in [-0.15, -0.1) is 11.8 Å². The number of benzene rings is 4. The number of hydrogen-bond donors (Lipinski definition) is 0. The van der Waals surface area contributed by atoms with E-state index in [1.807, 2.05) is 34.3 Å². The molecule has 35 heavy (non-hydrogen) atoms. The van der Waals surface area contributed by atoms with E-state index in [0.29, 0.717) is 10.0 Å². The van der Waals surface area contributed by atoms with E-state index in [1.165, 1.54) is 38.6 Å². The Kier molecular flexibility index (Phi) is 7.59. The van der Waals surface area contributed by atoms with Crippen molar-refractivity contribution >= 4 is 80.7 Å². The van der Waals surface area contributed by atoms with E-state index in [9.17, 15) is 4.79 Å². The predicted molar refractivity (Wildman–Crippen MR) is 152 cm³/mol. The Bertz CT molecular complexity index is 1470. The minimum atomic E-state index is 0.243. The molecular weight excluding hydrogens is 515 g/mol. The Morgan fingerprint density at radius 3 is 2.26 bits per heavy atom. The lowest BCUT2D eigenvalue weighted by atomic mass is 10.1. The highest BCUT2D eigenvalue weighted by atomic mass is 35.5. The van der Waals surface area contributed by atoms with Gasteiger partial charge in [-0.25, -0.2) is 0 Å². The van der Waals surface area contributed by atoms with Crippen LogP contribution in [0.25, 0.3) is 21.8 Å². The first-order valence-corrected chi connectivity index (χ1v) is 13.7. The number of aromatic nitrogens is 1. The largest absolute Gasteiger partial charge is 0.340 e. The van der Waals surface area contributed by atoms with Crippen molar-refractivity contribution in [3.8, 4) is 0 Å². The summed E-state index contributed by atoms with van der Waals surface area (Å²) >= 11 is 15.7. The quantitative estimate of drug-likeness (QED) is 0.107. The maximum absolute atomic E-state index is 11.5. The van der Waals surface area contributed by atoms with Crippen LogP contribution in [0.5, 0.6) is 0 Å². The Morgan fingerprint density at radius 1 is 0.771 bits per heavy atom. The van der Waals surface area contributed by atoms with Gasteiger partial charge < -0.3 is 13.7 Å². The number of fused-ring (bicyclic) bond motifs is 3. The van der Waals surface area contributed by atoms with Gasteiger partial charge in [0.2, 0.25) is 0 Å². The third-order valence-corrected chi connectivity index (χ3v) is 8.12. The molecular formula is C28H22Cl2N2OS2.